The molecule has 0 saturated heterocycles. The highest BCUT2D eigenvalue weighted by atomic mass is 16.1. The standard InChI is InChI=1S/C22H34O/c1-4-21(23)20-10-9-19-18-8-6-15-13-14(2)5-7-16(15)17(18)11-12-22(19,20)3/h4,14-20H,1,5-13H2,2-3H3. The van der Waals surface area contributed by atoms with E-state index in [0.717, 1.165) is 41.9 Å². The summed E-state index contributed by atoms with van der Waals surface area (Å²) in [5.74, 6) is 6.32. The molecule has 4 fully saturated rings. The molecule has 0 amide bonds. The Morgan fingerprint density at radius 3 is 2.57 bits per heavy atom. The number of ketones is 1. The van der Waals surface area contributed by atoms with E-state index in [0.29, 0.717) is 5.78 Å². The van der Waals surface area contributed by atoms with Gasteiger partial charge in [-0.2, -0.15) is 0 Å². The van der Waals surface area contributed by atoms with Crippen molar-refractivity contribution in [3.8, 4) is 0 Å². The Balaban J connectivity index is 1.56. The third-order valence-electron chi connectivity index (χ3n) is 8.76. The van der Waals surface area contributed by atoms with Crippen LogP contribution in [0, 0.1) is 46.8 Å². The SMILES string of the molecule is C=CC(=O)C1CCC2C3CCC4CC(C)CCC4C3CCC12C. The van der Waals surface area contributed by atoms with Gasteiger partial charge in [-0.3, -0.25) is 4.79 Å². The van der Waals surface area contributed by atoms with Gasteiger partial charge in [-0.25, -0.2) is 0 Å². The summed E-state index contributed by atoms with van der Waals surface area (Å²) < 4.78 is 0. The minimum absolute atomic E-state index is 0.273. The van der Waals surface area contributed by atoms with Gasteiger partial charge in [0.25, 0.3) is 0 Å². The first-order valence-corrected chi connectivity index (χ1v) is 10.2. The van der Waals surface area contributed by atoms with E-state index in [9.17, 15) is 4.79 Å². The molecule has 0 aromatic heterocycles. The molecule has 0 aromatic carbocycles. The molecule has 128 valence electrons. The molecule has 0 heterocycles. The van der Waals surface area contributed by atoms with Crippen molar-refractivity contribution in [2.75, 3.05) is 0 Å². The average molecular weight is 315 g/mol. The molecule has 8 unspecified atom stereocenters. The number of carbonyl (C=O) groups excluding carboxylic acids is 1. The first-order chi connectivity index (χ1) is 11.0. The maximum Gasteiger partial charge on any atom is 0.158 e. The first-order valence-electron chi connectivity index (χ1n) is 10.2. The van der Waals surface area contributed by atoms with E-state index in [1.165, 1.54) is 51.4 Å². The summed E-state index contributed by atoms with van der Waals surface area (Å²) in [6.45, 7) is 8.67. The summed E-state index contributed by atoms with van der Waals surface area (Å²) in [4.78, 5) is 12.4. The second-order valence-electron chi connectivity index (χ2n) is 9.63. The third kappa shape index (κ3) is 2.36. The van der Waals surface area contributed by atoms with Gasteiger partial charge < -0.3 is 0 Å². The van der Waals surface area contributed by atoms with Crippen molar-refractivity contribution < 1.29 is 4.79 Å². The monoisotopic (exact) mass is 314 g/mol. The lowest BCUT2D eigenvalue weighted by Gasteiger charge is -2.56. The second kappa shape index (κ2) is 5.74. The largest absolute Gasteiger partial charge is 0.295 e. The van der Waals surface area contributed by atoms with Crippen LogP contribution in [0.4, 0.5) is 0 Å². The highest BCUT2D eigenvalue weighted by Gasteiger charge is 2.57. The lowest BCUT2D eigenvalue weighted by Crippen LogP contribution is -2.49. The molecule has 0 N–H and O–H groups in total. The predicted molar refractivity (Wildman–Crippen MR) is 95.0 cm³/mol. The third-order valence-corrected chi connectivity index (χ3v) is 8.76. The number of hydrogen-bond donors (Lipinski definition) is 0. The molecule has 0 aromatic rings. The topological polar surface area (TPSA) is 17.1 Å². The summed E-state index contributed by atoms with van der Waals surface area (Å²) in [6.07, 6.45) is 14.1. The van der Waals surface area contributed by atoms with Crippen LogP contribution in [0.25, 0.3) is 0 Å². The molecule has 0 radical (unpaired) electrons. The van der Waals surface area contributed by atoms with Crippen LogP contribution in [-0.4, -0.2) is 5.78 Å². The van der Waals surface area contributed by atoms with Crippen molar-refractivity contribution in [2.24, 2.45) is 46.8 Å². The molecule has 8 atom stereocenters. The number of fused-ring (bicyclic) bond motifs is 5. The van der Waals surface area contributed by atoms with E-state index in [2.05, 4.69) is 20.4 Å². The van der Waals surface area contributed by atoms with Crippen molar-refractivity contribution in [3.05, 3.63) is 12.7 Å². The Bertz CT molecular complexity index is 494. The molecule has 1 heteroatoms. The van der Waals surface area contributed by atoms with Gasteiger partial charge in [0.2, 0.25) is 0 Å². The van der Waals surface area contributed by atoms with Crippen molar-refractivity contribution in [2.45, 2.75) is 71.6 Å². The molecule has 0 spiro atoms. The molecule has 0 bridgehead atoms. The summed E-state index contributed by atoms with van der Waals surface area (Å²) in [6, 6.07) is 0. The summed E-state index contributed by atoms with van der Waals surface area (Å²) >= 11 is 0. The van der Waals surface area contributed by atoms with E-state index in [4.69, 9.17) is 0 Å². The highest BCUT2D eigenvalue weighted by Crippen LogP contribution is 2.64. The quantitative estimate of drug-likeness (QED) is 0.602. The van der Waals surface area contributed by atoms with Gasteiger partial charge in [-0.15, -0.1) is 0 Å². The van der Waals surface area contributed by atoms with Gasteiger partial charge in [0.15, 0.2) is 5.78 Å². The van der Waals surface area contributed by atoms with Crippen molar-refractivity contribution in [1.29, 1.82) is 0 Å². The smallest absolute Gasteiger partial charge is 0.158 e. The Hall–Kier alpha value is -0.590. The van der Waals surface area contributed by atoms with Crippen LogP contribution in [0.1, 0.15) is 71.6 Å². The molecule has 4 aliphatic carbocycles. The summed E-state index contributed by atoms with van der Waals surface area (Å²) in [5.41, 5.74) is 0.279. The summed E-state index contributed by atoms with van der Waals surface area (Å²) in [7, 11) is 0. The van der Waals surface area contributed by atoms with Crippen LogP contribution in [0.5, 0.6) is 0 Å². The molecular weight excluding hydrogens is 280 g/mol. The van der Waals surface area contributed by atoms with E-state index in [1.54, 1.807) is 6.08 Å². The molecule has 23 heavy (non-hydrogen) atoms. The molecule has 0 aliphatic heterocycles. The van der Waals surface area contributed by atoms with Gasteiger partial charge in [0, 0.05) is 5.92 Å². The molecule has 4 saturated carbocycles. The van der Waals surface area contributed by atoms with Gasteiger partial charge >= 0.3 is 0 Å². The number of carbonyl (C=O) groups is 1. The molecular formula is C22H34O. The lowest BCUT2D eigenvalue weighted by atomic mass is 9.49. The van der Waals surface area contributed by atoms with Crippen LogP contribution >= 0.6 is 0 Å². The lowest BCUT2D eigenvalue weighted by molar-refractivity contribution is -0.125. The number of rotatable bonds is 2. The van der Waals surface area contributed by atoms with E-state index < -0.39 is 0 Å². The summed E-state index contributed by atoms with van der Waals surface area (Å²) in [5, 5.41) is 0. The van der Waals surface area contributed by atoms with Crippen LogP contribution in [0.3, 0.4) is 0 Å². The second-order valence-corrected chi connectivity index (χ2v) is 9.63. The molecule has 1 nitrogen and oxygen atoms in total. The Morgan fingerprint density at radius 2 is 1.78 bits per heavy atom. The maximum absolute atomic E-state index is 12.4. The zero-order chi connectivity index (χ0) is 16.2. The van der Waals surface area contributed by atoms with Crippen molar-refractivity contribution >= 4 is 5.78 Å². The Labute approximate surface area is 142 Å². The molecule has 4 aliphatic rings. The Kier molecular flexibility index (Phi) is 3.97. The van der Waals surface area contributed by atoms with Gasteiger partial charge in [-0.1, -0.05) is 26.8 Å². The highest BCUT2D eigenvalue weighted by molar-refractivity contribution is 5.92. The van der Waals surface area contributed by atoms with Crippen LogP contribution in [-0.2, 0) is 4.79 Å². The zero-order valence-corrected chi connectivity index (χ0v) is 15.1. The van der Waals surface area contributed by atoms with Crippen molar-refractivity contribution in [3.63, 3.8) is 0 Å². The Morgan fingerprint density at radius 1 is 1.00 bits per heavy atom. The fourth-order valence-corrected chi connectivity index (χ4v) is 7.70. The average Bonchev–Trinajstić information content (AvgIpc) is 2.90. The van der Waals surface area contributed by atoms with Crippen LogP contribution in [0.15, 0.2) is 12.7 Å². The molecule has 4 rings (SSSR count). The van der Waals surface area contributed by atoms with Crippen molar-refractivity contribution in [1.82, 2.24) is 0 Å². The first kappa shape index (κ1) is 15.9. The van der Waals surface area contributed by atoms with Gasteiger partial charge in [-0.05, 0) is 98.4 Å². The zero-order valence-electron chi connectivity index (χ0n) is 15.1. The minimum atomic E-state index is 0.273. The van der Waals surface area contributed by atoms with Crippen LogP contribution in [0.2, 0.25) is 0 Å². The normalized spacial score (nSPS) is 52.2. The van der Waals surface area contributed by atoms with Gasteiger partial charge in [0.05, 0.1) is 0 Å². The fourth-order valence-electron chi connectivity index (χ4n) is 7.70. The minimum Gasteiger partial charge on any atom is -0.295 e. The van der Waals surface area contributed by atoms with E-state index in [-0.39, 0.29) is 11.3 Å². The number of allylic oxidation sites excluding steroid dienone is 1. The van der Waals surface area contributed by atoms with Gasteiger partial charge in [0.1, 0.15) is 0 Å². The number of hydrogen-bond acceptors (Lipinski definition) is 1. The van der Waals surface area contributed by atoms with E-state index in [1.807, 2.05) is 0 Å². The van der Waals surface area contributed by atoms with E-state index >= 15 is 0 Å². The van der Waals surface area contributed by atoms with Crippen LogP contribution < -0.4 is 0 Å². The predicted octanol–water partition coefficient (Wildman–Crippen LogP) is 5.65. The fraction of sp³-hybridized carbons (Fsp3) is 0.864. The maximum atomic E-state index is 12.4.